The number of thiophene rings is 1. The molecule has 1 aromatic heterocycles. The van der Waals surface area contributed by atoms with Crippen LogP contribution in [-0.2, 0) is 9.31 Å². The lowest BCUT2D eigenvalue weighted by atomic mass is 9.88. The van der Waals surface area contributed by atoms with Crippen molar-refractivity contribution in [2.45, 2.75) is 52.7 Å². The molecule has 0 atom stereocenters. The minimum absolute atomic E-state index is 0.194. The van der Waals surface area contributed by atoms with Crippen molar-refractivity contribution in [1.82, 2.24) is 0 Å². The fourth-order valence-electron chi connectivity index (χ4n) is 1.38. The molecule has 0 aliphatic carbocycles. The molecule has 2 heterocycles. The lowest BCUT2D eigenvalue weighted by molar-refractivity contribution is 0.00578. The Morgan fingerprint density at radius 2 is 1.56 bits per heavy atom. The molecule has 1 aliphatic rings. The van der Waals surface area contributed by atoms with Crippen LogP contribution >= 0.6 is 11.3 Å². The highest BCUT2D eigenvalue weighted by molar-refractivity contribution is 7.20. The van der Waals surface area contributed by atoms with Gasteiger partial charge < -0.3 is 9.31 Å². The lowest BCUT2D eigenvalue weighted by Gasteiger charge is -2.32. The molecular formula is C12H21BO2S. The highest BCUT2D eigenvalue weighted by Crippen LogP contribution is 2.36. The molecule has 4 heteroatoms. The molecule has 1 aliphatic heterocycles. The van der Waals surface area contributed by atoms with Crippen molar-refractivity contribution in [2.24, 2.45) is 0 Å². The summed E-state index contributed by atoms with van der Waals surface area (Å²) in [6.07, 6.45) is 0. The zero-order valence-corrected chi connectivity index (χ0v) is 11.9. The molecule has 2 nitrogen and oxygen atoms in total. The Morgan fingerprint density at radius 3 is 1.94 bits per heavy atom. The average molecular weight is 240 g/mol. The summed E-state index contributed by atoms with van der Waals surface area (Å²) in [6.45, 7) is 12.3. The van der Waals surface area contributed by atoms with Crippen LogP contribution in [0.3, 0.4) is 0 Å². The van der Waals surface area contributed by atoms with Crippen LogP contribution in [0.4, 0.5) is 0 Å². The van der Waals surface area contributed by atoms with Crippen LogP contribution < -0.4 is 4.78 Å². The van der Waals surface area contributed by atoms with Crippen molar-refractivity contribution >= 4 is 23.2 Å². The summed E-state index contributed by atoms with van der Waals surface area (Å²) >= 11 is 1.67. The summed E-state index contributed by atoms with van der Waals surface area (Å²) in [4.78, 5) is 0. The van der Waals surface area contributed by atoms with E-state index in [9.17, 15) is 0 Å². The second-order valence-corrected chi connectivity index (χ2v) is 5.58. The molecule has 16 heavy (non-hydrogen) atoms. The maximum atomic E-state index is 5.90. The molecule has 0 unspecified atom stereocenters. The maximum Gasteiger partial charge on any atom is 0.505 e. The molecule has 0 N–H and O–H groups in total. The quantitative estimate of drug-likeness (QED) is 0.702. The Balaban J connectivity index is 0.000000606. The fourth-order valence-corrected chi connectivity index (χ4v) is 2.06. The Morgan fingerprint density at radius 1 is 1.06 bits per heavy atom. The topological polar surface area (TPSA) is 18.5 Å². The number of rotatable bonds is 1. The van der Waals surface area contributed by atoms with Crippen LogP contribution in [0.25, 0.3) is 0 Å². The van der Waals surface area contributed by atoms with Gasteiger partial charge in [-0.3, -0.25) is 0 Å². The predicted molar refractivity (Wildman–Crippen MR) is 71.4 cm³/mol. The summed E-state index contributed by atoms with van der Waals surface area (Å²) in [6, 6.07) is 4.07. The van der Waals surface area contributed by atoms with Crippen LogP contribution in [0.5, 0.6) is 0 Å². The predicted octanol–water partition coefficient (Wildman–Crippen LogP) is 3.07. The molecule has 2 rings (SSSR count). The molecule has 0 bridgehead atoms. The third kappa shape index (κ3) is 2.50. The molecule has 0 aromatic carbocycles. The van der Waals surface area contributed by atoms with Crippen molar-refractivity contribution in [1.29, 1.82) is 0 Å². The van der Waals surface area contributed by atoms with E-state index >= 15 is 0 Å². The van der Waals surface area contributed by atoms with Crippen LogP contribution in [0, 0.1) is 0 Å². The third-order valence-corrected chi connectivity index (χ3v) is 3.92. The highest BCUT2D eigenvalue weighted by atomic mass is 32.1. The van der Waals surface area contributed by atoms with Crippen LogP contribution in [0.2, 0.25) is 0 Å². The van der Waals surface area contributed by atoms with Gasteiger partial charge in [0.2, 0.25) is 0 Å². The second-order valence-electron chi connectivity index (χ2n) is 4.60. The summed E-state index contributed by atoms with van der Waals surface area (Å²) in [5.74, 6) is 0. The Bertz CT molecular complexity index is 304. The first-order valence-electron chi connectivity index (χ1n) is 5.81. The first-order valence-corrected chi connectivity index (χ1v) is 6.69. The SMILES string of the molecule is CC.CC1(C)OB(c2cccs2)OC1(C)C. The van der Waals surface area contributed by atoms with E-state index in [0.29, 0.717) is 0 Å². The van der Waals surface area contributed by atoms with E-state index in [1.807, 2.05) is 31.4 Å². The summed E-state index contributed by atoms with van der Waals surface area (Å²) in [5, 5.41) is 2.04. The molecule has 1 saturated heterocycles. The smallest absolute Gasteiger partial charge is 0.399 e. The third-order valence-electron chi connectivity index (χ3n) is 3.03. The molecule has 0 amide bonds. The first kappa shape index (κ1) is 13.7. The van der Waals surface area contributed by atoms with Gasteiger partial charge in [0.1, 0.15) is 0 Å². The van der Waals surface area contributed by atoms with Crippen molar-refractivity contribution < 1.29 is 9.31 Å². The Hall–Kier alpha value is -0.315. The number of hydrogen-bond acceptors (Lipinski definition) is 3. The highest BCUT2D eigenvalue weighted by Gasteiger charge is 2.52. The second kappa shape index (κ2) is 4.90. The maximum absolute atomic E-state index is 5.90. The van der Waals surface area contributed by atoms with Crippen LogP contribution in [0.1, 0.15) is 41.5 Å². The Kier molecular flexibility index (Phi) is 4.21. The van der Waals surface area contributed by atoms with Crippen LogP contribution in [-0.4, -0.2) is 18.3 Å². The van der Waals surface area contributed by atoms with Gasteiger partial charge in [-0.1, -0.05) is 26.0 Å². The van der Waals surface area contributed by atoms with Gasteiger partial charge in [-0.15, -0.1) is 0 Å². The average Bonchev–Trinajstić information content (AvgIpc) is 2.77. The molecule has 0 spiro atoms. The van der Waals surface area contributed by atoms with Crippen molar-refractivity contribution in [3.63, 3.8) is 0 Å². The van der Waals surface area contributed by atoms with E-state index in [-0.39, 0.29) is 18.3 Å². The Labute approximate surface area is 103 Å². The van der Waals surface area contributed by atoms with Gasteiger partial charge in [0.25, 0.3) is 0 Å². The summed E-state index contributed by atoms with van der Waals surface area (Å²) in [5.41, 5.74) is -0.469. The van der Waals surface area contributed by atoms with E-state index in [1.165, 1.54) is 0 Å². The molecule has 1 aromatic rings. The minimum Gasteiger partial charge on any atom is -0.399 e. The first-order chi connectivity index (χ1) is 7.42. The van der Waals surface area contributed by atoms with Gasteiger partial charge in [-0.25, -0.2) is 0 Å². The molecule has 0 radical (unpaired) electrons. The van der Waals surface area contributed by atoms with E-state index < -0.39 is 0 Å². The fraction of sp³-hybridized carbons (Fsp3) is 0.667. The van der Waals surface area contributed by atoms with E-state index in [1.54, 1.807) is 11.3 Å². The summed E-state index contributed by atoms with van der Waals surface area (Å²) in [7, 11) is -0.194. The van der Waals surface area contributed by atoms with Crippen molar-refractivity contribution in [3.05, 3.63) is 17.5 Å². The number of hydrogen-bond donors (Lipinski definition) is 0. The largest absolute Gasteiger partial charge is 0.505 e. The lowest BCUT2D eigenvalue weighted by Crippen LogP contribution is -2.41. The van der Waals surface area contributed by atoms with Gasteiger partial charge in [0, 0.05) is 4.78 Å². The monoisotopic (exact) mass is 240 g/mol. The van der Waals surface area contributed by atoms with Crippen molar-refractivity contribution in [2.75, 3.05) is 0 Å². The molecule has 1 fully saturated rings. The summed E-state index contributed by atoms with van der Waals surface area (Å²) < 4.78 is 12.9. The molecule has 0 saturated carbocycles. The minimum atomic E-state index is -0.234. The molecule has 90 valence electrons. The van der Waals surface area contributed by atoms with Gasteiger partial charge in [0.15, 0.2) is 0 Å². The van der Waals surface area contributed by atoms with Gasteiger partial charge in [-0.2, -0.15) is 11.3 Å². The van der Waals surface area contributed by atoms with Crippen LogP contribution in [0.15, 0.2) is 17.5 Å². The van der Waals surface area contributed by atoms with E-state index in [2.05, 4.69) is 27.7 Å². The zero-order chi connectivity index (χ0) is 12.4. The van der Waals surface area contributed by atoms with E-state index in [0.717, 1.165) is 4.78 Å². The van der Waals surface area contributed by atoms with Gasteiger partial charge >= 0.3 is 7.12 Å². The van der Waals surface area contributed by atoms with Gasteiger partial charge in [-0.05, 0) is 33.1 Å². The van der Waals surface area contributed by atoms with E-state index in [4.69, 9.17) is 9.31 Å². The van der Waals surface area contributed by atoms with Gasteiger partial charge in [0.05, 0.1) is 11.2 Å². The zero-order valence-electron chi connectivity index (χ0n) is 11.0. The molecular weight excluding hydrogens is 219 g/mol. The van der Waals surface area contributed by atoms with Crippen molar-refractivity contribution in [3.8, 4) is 0 Å². The normalized spacial score (nSPS) is 21.5. The standard InChI is InChI=1S/C10H15BO2S.C2H6/c1-9(2)10(3,4)13-11(12-9)8-6-5-7-14-8;1-2/h5-7H,1-4H3;1-2H3.